The number of hydrogen-bond donors (Lipinski definition) is 2. The number of benzene rings is 2. The van der Waals surface area contributed by atoms with E-state index in [4.69, 9.17) is 11.6 Å². The molecule has 2 nitrogen and oxygen atoms in total. The first-order valence-corrected chi connectivity index (χ1v) is 8.64. The van der Waals surface area contributed by atoms with Crippen molar-refractivity contribution in [3.63, 3.8) is 0 Å². The van der Waals surface area contributed by atoms with Gasteiger partial charge in [-0.2, -0.15) is 0 Å². The SMILES string of the molecule is CCCc1cc(NC)ccc1NCC(C)(C)c1ccc(Cl)cc1. The predicted octanol–water partition coefficient (Wildman–Crippen LogP) is 5.72. The molecule has 23 heavy (non-hydrogen) atoms. The van der Waals surface area contributed by atoms with Crippen molar-refractivity contribution >= 4 is 23.0 Å². The van der Waals surface area contributed by atoms with Crippen molar-refractivity contribution in [2.75, 3.05) is 24.2 Å². The highest BCUT2D eigenvalue weighted by molar-refractivity contribution is 6.30. The normalized spacial score (nSPS) is 11.3. The molecule has 0 radical (unpaired) electrons. The second kappa shape index (κ2) is 7.74. The molecular weight excluding hydrogens is 304 g/mol. The number of rotatable bonds is 7. The summed E-state index contributed by atoms with van der Waals surface area (Å²) >= 11 is 6.00. The fourth-order valence-corrected chi connectivity index (χ4v) is 2.84. The van der Waals surface area contributed by atoms with Gasteiger partial charge in [-0.1, -0.05) is 50.9 Å². The Kier molecular flexibility index (Phi) is 5.95. The molecule has 2 aromatic carbocycles. The van der Waals surface area contributed by atoms with Crippen molar-refractivity contribution in [3.8, 4) is 0 Å². The van der Waals surface area contributed by atoms with Gasteiger partial charge in [-0.3, -0.25) is 0 Å². The van der Waals surface area contributed by atoms with Crippen LogP contribution in [0.3, 0.4) is 0 Å². The lowest BCUT2D eigenvalue weighted by molar-refractivity contribution is 0.557. The van der Waals surface area contributed by atoms with E-state index in [1.165, 1.54) is 16.8 Å². The van der Waals surface area contributed by atoms with E-state index in [2.05, 4.69) is 61.7 Å². The molecule has 0 aliphatic rings. The van der Waals surface area contributed by atoms with Crippen LogP contribution < -0.4 is 10.6 Å². The molecule has 0 fully saturated rings. The Morgan fingerprint density at radius 3 is 2.35 bits per heavy atom. The lowest BCUT2D eigenvalue weighted by Crippen LogP contribution is -2.27. The van der Waals surface area contributed by atoms with Crippen LogP contribution in [0.2, 0.25) is 5.02 Å². The molecule has 2 aromatic rings. The van der Waals surface area contributed by atoms with Crippen LogP contribution >= 0.6 is 11.6 Å². The molecule has 0 bridgehead atoms. The lowest BCUT2D eigenvalue weighted by Gasteiger charge is -2.27. The molecule has 0 saturated carbocycles. The van der Waals surface area contributed by atoms with Crippen LogP contribution in [-0.2, 0) is 11.8 Å². The van der Waals surface area contributed by atoms with Gasteiger partial charge in [0.1, 0.15) is 0 Å². The quantitative estimate of drug-likeness (QED) is 0.678. The van der Waals surface area contributed by atoms with Gasteiger partial charge in [0.05, 0.1) is 0 Å². The van der Waals surface area contributed by atoms with Crippen molar-refractivity contribution in [2.45, 2.75) is 39.0 Å². The van der Waals surface area contributed by atoms with Gasteiger partial charge in [0.15, 0.2) is 0 Å². The standard InChI is InChI=1S/C20H27ClN2/c1-5-6-15-13-18(22-4)11-12-19(15)23-14-20(2,3)16-7-9-17(21)10-8-16/h7-13,22-23H,5-6,14H2,1-4H3. The summed E-state index contributed by atoms with van der Waals surface area (Å²) in [6.07, 6.45) is 2.22. The zero-order valence-corrected chi connectivity index (χ0v) is 15.3. The summed E-state index contributed by atoms with van der Waals surface area (Å²) in [4.78, 5) is 0. The first kappa shape index (κ1) is 17.7. The average molecular weight is 331 g/mol. The van der Waals surface area contributed by atoms with E-state index in [9.17, 15) is 0 Å². The number of halogens is 1. The van der Waals surface area contributed by atoms with Crippen molar-refractivity contribution in [3.05, 3.63) is 58.6 Å². The number of aryl methyl sites for hydroxylation is 1. The van der Waals surface area contributed by atoms with Gasteiger partial charge in [0, 0.05) is 35.4 Å². The number of hydrogen-bond acceptors (Lipinski definition) is 2. The first-order valence-electron chi connectivity index (χ1n) is 8.27. The maximum absolute atomic E-state index is 6.00. The van der Waals surface area contributed by atoms with Crippen molar-refractivity contribution < 1.29 is 0 Å². The molecule has 0 amide bonds. The molecule has 2 rings (SSSR count). The Balaban J connectivity index is 2.14. The monoisotopic (exact) mass is 330 g/mol. The van der Waals surface area contributed by atoms with Gasteiger partial charge in [-0.25, -0.2) is 0 Å². The van der Waals surface area contributed by atoms with Gasteiger partial charge in [-0.15, -0.1) is 0 Å². The molecule has 0 aliphatic heterocycles. The maximum Gasteiger partial charge on any atom is 0.0406 e. The fourth-order valence-electron chi connectivity index (χ4n) is 2.72. The van der Waals surface area contributed by atoms with Gasteiger partial charge in [-0.05, 0) is 47.9 Å². The van der Waals surface area contributed by atoms with E-state index >= 15 is 0 Å². The summed E-state index contributed by atoms with van der Waals surface area (Å²) < 4.78 is 0. The molecule has 0 heterocycles. The molecular formula is C20H27ClN2. The molecule has 2 N–H and O–H groups in total. The lowest BCUT2D eigenvalue weighted by atomic mass is 9.84. The Hall–Kier alpha value is -1.67. The molecule has 124 valence electrons. The van der Waals surface area contributed by atoms with Crippen LogP contribution in [0.15, 0.2) is 42.5 Å². The summed E-state index contributed by atoms with van der Waals surface area (Å²) in [5, 5.41) is 7.64. The highest BCUT2D eigenvalue weighted by Gasteiger charge is 2.20. The molecule has 0 atom stereocenters. The zero-order chi connectivity index (χ0) is 16.9. The Labute approximate surface area is 145 Å². The predicted molar refractivity (Wildman–Crippen MR) is 103 cm³/mol. The van der Waals surface area contributed by atoms with Crippen LogP contribution in [0.25, 0.3) is 0 Å². The maximum atomic E-state index is 6.00. The fraction of sp³-hybridized carbons (Fsp3) is 0.400. The van der Waals surface area contributed by atoms with Crippen molar-refractivity contribution in [1.29, 1.82) is 0 Å². The van der Waals surface area contributed by atoms with Crippen molar-refractivity contribution in [1.82, 2.24) is 0 Å². The van der Waals surface area contributed by atoms with E-state index in [0.717, 1.165) is 30.1 Å². The number of nitrogens with one attached hydrogen (secondary N) is 2. The smallest absolute Gasteiger partial charge is 0.0406 e. The van der Waals surface area contributed by atoms with Crippen LogP contribution in [0.4, 0.5) is 11.4 Å². The van der Waals surface area contributed by atoms with Crippen LogP contribution in [0.1, 0.15) is 38.3 Å². The summed E-state index contributed by atoms with van der Waals surface area (Å²) in [7, 11) is 1.96. The van der Waals surface area contributed by atoms with E-state index in [1.54, 1.807) is 0 Å². The first-order chi connectivity index (χ1) is 11.0. The van der Waals surface area contributed by atoms with Crippen LogP contribution in [0.5, 0.6) is 0 Å². The molecule has 0 saturated heterocycles. The van der Waals surface area contributed by atoms with E-state index in [-0.39, 0.29) is 5.41 Å². The zero-order valence-electron chi connectivity index (χ0n) is 14.5. The third kappa shape index (κ3) is 4.65. The summed E-state index contributed by atoms with van der Waals surface area (Å²) in [6, 6.07) is 14.7. The Morgan fingerprint density at radius 2 is 1.74 bits per heavy atom. The molecule has 0 aliphatic carbocycles. The summed E-state index contributed by atoms with van der Waals surface area (Å²) in [5.74, 6) is 0. The molecule has 0 aromatic heterocycles. The van der Waals surface area contributed by atoms with Crippen LogP contribution in [0, 0.1) is 0 Å². The van der Waals surface area contributed by atoms with Crippen LogP contribution in [-0.4, -0.2) is 13.6 Å². The largest absolute Gasteiger partial charge is 0.388 e. The Bertz CT molecular complexity index is 633. The Morgan fingerprint density at radius 1 is 1.04 bits per heavy atom. The van der Waals surface area contributed by atoms with Gasteiger partial charge in [0.25, 0.3) is 0 Å². The van der Waals surface area contributed by atoms with Gasteiger partial charge < -0.3 is 10.6 Å². The molecule has 0 unspecified atom stereocenters. The number of anilines is 2. The summed E-state index contributed by atoms with van der Waals surface area (Å²) in [5.41, 5.74) is 5.09. The second-order valence-corrected chi connectivity index (χ2v) is 7.05. The third-order valence-corrected chi connectivity index (χ3v) is 4.51. The minimum Gasteiger partial charge on any atom is -0.388 e. The summed E-state index contributed by atoms with van der Waals surface area (Å²) in [6.45, 7) is 7.60. The minimum atomic E-state index is 0.0375. The van der Waals surface area contributed by atoms with E-state index < -0.39 is 0 Å². The minimum absolute atomic E-state index is 0.0375. The topological polar surface area (TPSA) is 24.1 Å². The second-order valence-electron chi connectivity index (χ2n) is 6.62. The highest BCUT2D eigenvalue weighted by Crippen LogP contribution is 2.27. The third-order valence-electron chi connectivity index (χ3n) is 4.26. The van der Waals surface area contributed by atoms with E-state index in [0.29, 0.717) is 0 Å². The van der Waals surface area contributed by atoms with Crippen molar-refractivity contribution in [2.24, 2.45) is 0 Å². The van der Waals surface area contributed by atoms with Gasteiger partial charge >= 0.3 is 0 Å². The average Bonchev–Trinajstić information content (AvgIpc) is 2.54. The van der Waals surface area contributed by atoms with E-state index in [1.807, 2.05) is 19.2 Å². The molecule has 0 spiro atoms. The van der Waals surface area contributed by atoms with Gasteiger partial charge in [0.2, 0.25) is 0 Å². The molecule has 3 heteroatoms. The highest BCUT2D eigenvalue weighted by atomic mass is 35.5.